The van der Waals surface area contributed by atoms with Gasteiger partial charge in [-0.05, 0) is 31.0 Å². The van der Waals surface area contributed by atoms with Crippen molar-refractivity contribution < 1.29 is 14.7 Å². The van der Waals surface area contributed by atoms with Crippen LogP contribution in [-0.2, 0) is 4.79 Å². The summed E-state index contributed by atoms with van der Waals surface area (Å²) >= 11 is 5.91. The van der Waals surface area contributed by atoms with Crippen LogP contribution in [0.5, 0.6) is 0 Å². The lowest BCUT2D eigenvalue weighted by Crippen LogP contribution is -2.43. The number of carboxylic acid groups (broad SMARTS) is 1. The van der Waals surface area contributed by atoms with Gasteiger partial charge in [0.15, 0.2) is 0 Å². The second kappa shape index (κ2) is 8.52. The molecule has 0 fully saturated rings. The first-order valence-electron chi connectivity index (χ1n) is 6.96. The van der Waals surface area contributed by atoms with Crippen LogP contribution in [0.2, 0.25) is 5.02 Å². The molecular formula is C15H21ClN2O3. The first-order valence-corrected chi connectivity index (χ1v) is 7.34. The van der Waals surface area contributed by atoms with E-state index < -0.39 is 5.97 Å². The molecule has 21 heavy (non-hydrogen) atoms. The molecule has 0 aliphatic rings. The van der Waals surface area contributed by atoms with Crippen molar-refractivity contribution in [1.82, 2.24) is 10.6 Å². The molecule has 0 radical (unpaired) electrons. The zero-order valence-corrected chi connectivity index (χ0v) is 13.0. The molecule has 1 rings (SSSR count). The fourth-order valence-corrected chi connectivity index (χ4v) is 2.27. The third kappa shape index (κ3) is 6.49. The lowest BCUT2D eigenvalue weighted by molar-refractivity contribution is -0.137. The summed E-state index contributed by atoms with van der Waals surface area (Å²) in [6.45, 7) is 3.79. The summed E-state index contributed by atoms with van der Waals surface area (Å²) < 4.78 is 0. The summed E-state index contributed by atoms with van der Waals surface area (Å²) in [6.07, 6.45) is 1.36. The highest BCUT2D eigenvalue weighted by Crippen LogP contribution is 2.17. The van der Waals surface area contributed by atoms with Gasteiger partial charge in [0, 0.05) is 11.1 Å². The number of nitrogens with one attached hydrogen (secondary N) is 2. The van der Waals surface area contributed by atoms with Crippen LogP contribution < -0.4 is 10.6 Å². The molecular weight excluding hydrogens is 292 g/mol. The van der Waals surface area contributed by atoms with Crippen molar-refractivity contribution in [2.45, 2.75) is 45.2 Å². The average molecular weight is 313 g/mol. The molecule has 2 unspecified atom stereocenters. The molecule has 2 atom stereocenters. The van der Waals surface area contributed by atoms with E-state index in [1.807, 2.05) is 26.0 Å². The fourth-order valence-electron chi connectivity index (χ4n) is 2.07. The van der Waals surface area contributed by atoms with Crippen molar-refractivity contribution >= 4 is 23.6 Å². The van der Waals surface area contributed by atoms with Gasteiger partial charge >= 0.3 is 12.0 Å². The summed E-state index contributed by atoms with van der Waals surface area (Å²) in [4.78, 5) is 22.7. The van der Waals surface area contributed by atoms with Crippen LogP contribution in [0.4, 0.5) is 4.79 Å². The van der Waals surface area contributed by atoms with Crippen LogP contribution >= 0.6 is 11.6 Å². The number of hydrogen-bond donors (Lipinski definition) is 3. The Labute approximate surface area is 129 Å². The molecule has 0 spiro atoms. The smallest absolute Gasteiger partial charge is 0.315 e. The predicted molar refractivity (Wildman–Crippen MR) is 82.5 cm³/mol. The first kappa shape index (κ1) is 17.3. The number of benzene rings is 1. The number of aliphatic carboxylic acids is 1. The maximum Gasteiger partial charge on any atom is 0.315 e. The number of amides is 2. The van der Waals surface area contributed by atoms with Gasteiger partial charge < -0.3 is 15.7 Å². The Morgan fingerprint density at radius 1 is 1.33 bits per heavy atom. The molecule has 2 amide bonds. The number of rotatable bonds is 7. The Balaban J connectivity index is 2.56. The van der Waals surface area contributed by atoms with Gasteiger partial charge in [-0.15, -0.1) is 0 Å². The minimum atomic E-state index is -0.920. The van der Waals surface area contributed by atoms with Crippen molar-refractivity contribution in [2.24, 2.45) is 0 Å². The first-order chi connectivity index (χ1) is 9.92. The van der Waals surface area contributed by atoms with Gasteiger partial charge in [-0.2, -0.15) is 0 Å². The van der Waals surface area contributed by atoms with Gasteiger partial charge in [0.25, 0.3) is 0 Å². The van der Waals surface area contributed by atoms with Crippen LogP contribution in [0, 0.1) is 0 Å². The van der Waals surface area contributed by atoms with Gasteiger partial charge in [0.05, 0.1) is 12.5 Å². The molecule has 0 heterocycles. The van der Waals surface area contributed by atoms with Gasteiger partial charge in [0.2, 0.25) is 0 Å². The largest absolute Gasteiger partial charge is 0.481 e. The Hall–Kier alpha value is -1.75. The van der Waals surface area contributed by atoms with E-state index in [-0.39, 0.29) is 24.5 Å². The van der Waals surface area contributed by atoms with Crippen LogP contribution in [-0.4, -0.2) is 23.1 Å². The lowest BCUT2D eigenvalue weighted by Gasteiger charge is -2.20. The third-order valence-corrected chi connectivity index (χ3v) is 3.32. The van der Waals surface area contributed by atoms with E-state index in [1.165, 1.54) is 0 Å². The molecule has 0 aliphatic carbocycles. The van der Waals surface area contributed by atoms with Gasteiger partial charge in [-0.1, -0.05) is 37.1 Å². The number of carboxylic acids is 1. The molecule has 1 aromatic carbocycles. The van der Waals surface area contributed by atoms with Crippen molar-refractivity contribution in [2.75, 3.05) is 0 Å². The summed E-state index contributed by atoms with van der Waals surface area (Å²) in [5.74, 6) is -0.920. The van der Waals surface area contributed by atoms with Crippen molar-refractivity contribution in [3.63, 3.8) is 0 Å². The highest BCUT2D eigenvalue weighted by molar-refractivity contribution is 6.30. The molecule has 0 saturated heterocycles. The Kier molecular flexibility index (Phi) is 7.02. The number of carbonyl (C=O) groups is 2. The van der Waals surface area contributed by atoms with Gasteiger partial charge in [-0.25, -0.2) is 4.79 Å². The van der Waals surface area contributed by atoms with E-state index in [9.17, 15) is 9.59 Å². The fraction of sp³-hybridized carbons (Fsp3) is 0.467. The second-order valence-electron chi connectivity index (χ2n) is 4.98. The molecule has 0 bridgehead atoms. The second-order valence-corrected chi connectivity index (χ2v) is 5.41. The lowest BCUT2D eigenvalue weighted by atomic mass is 10.1. The number of hydrogen-bond acceptors (Lipinski definition) is 2. The molecule has 5 nitrogen and oxygen atoms in total. The summed E-state index contributed by atoms with van der Waals surface area (Å²) in [5, 5.41) is 14.9. The van der Waals surface area contributed by atoms with E-state index >= 15 is 0 Å². The number of halogens is 1. The van der Waals surface area contributed by atoms with Gasteiger partial charge in [-0.3, -0.25) is 4.79 Å². The van der Waals surface area contributed by atoms with Gasteiger partial charge in [0.1, 0.15) is 0 Å². The summed E-state index contributed by atoms with van der Waals surface area (Å²) in [5.41, 5.74) is 0.892. The van der Waals surface area contributed by atoms with Crippen molar-refractivity contribution in [3.8, 4) is 0 Å². The molecule has 1 aromatic rings. The Morgan fingerprint density at radius 3 is 2.62 bits per heavy atom. The molecule has 0 aliphatic heterocycles. The number of urea groups is 1. The number of carbonyl (C=O) groups excluding carboxylic acids is 1. The highest BCUT2D eigenvalue weighted by Gasteiger charge is 2.16. The predicted octanol–water partition coefficient (Wildman–Crippen LogP) is 3.34. The van der Waals surface area contributed by atoms with Crippen LogP contribution in [0.25, 0.3) is 0 Å². The SMILES string of the molecule is CCCC(CC(=O)O)NC(=O)NC(C)c1cccc(Cl)c1. The van der Waals surface area contributed by atoms with E-state index in [1.54, 1.807) is 12.1 Å². The van der Waals surface area contributed by atoms with E-state index in [0.717, 1.165) is 12.0 Å². The maximum absolute atomic E-state index is 11.9. The zero-order chi connectivity index (χ0) is 15.8. The summed E-state index contributed by atoms with van der Waals surface area (Å²) in [6, 6.07) is 6.29. The third-order valence-electron chi connectivity index (χ3n) is 3.09. The van der Waals surface area contributed by atoms with Crippen molar-refractivity contribution in [3.05, 3.63) is 34.9 Å². The van der Waals surface area contributed by atoms with Crippen LogP contribution in [0.15, 0.2) is 24.3 Å². The van der Waals surface area contributed by atoms with Crippen molar-refractivity contribution in [1.29, 1.82) is 0 Å². The Bertz CT molecular complexity index is 494. The molecule has 3 N–H and O–H groups in total. The van der Waals surface area contributed by atoms with E-state index in [4.69, 9.17) is 16.7 Å². The zero-order valence-electron chi connectivity index (χ0n) is 12.2. The minimum Gasteiger partial charge on any atom is -0.481 e. The molecule has 6 heteroatoms. The minimum absolute atomic E-state index is 0.0766. The summed E-state index contributed by atoms with van der Waals surface area (Å²) in [7, 11) is 0. The standard InChI is InChI=1S/C15H21ClN2O3/c1-3-5-13(9-14(19)20)18-15(21)17-10(2)11-6-4-7-12(16)8-11/h4,6-8,10,13H,3,5,9H2,1-2H3,(H,19,20)(H2,17,18,21). The highest BCUT2D eigenvalue weighted by atomic mass is 35.5. The van der Waals surface area contributed by atoms with E-state index in [0.29, 0.717) is 11.4 Å². The van der Waals surface area contributed by atoms with Crippen LogP contribution in [0.3, 0.4) is 0 Å². The molecule has 0 aromatic heterocycles. The topological polar surface area (TPSA) is 78.4 Å². The normalized spacial score (nSPS) is 13.3. The van der Waals surface area contributed by atoms with E-state index in [2.05, 4.69) is 10.6 Å². The monoisotopic (exact) mass is 312 g/mol. The molecule has 0 saturated carbocycles. The maximum atomic E-state index is 11.9. The molecule has 116 valence electrons. The quantitative estimate of drug-likeness (QED) is 0.722. The Morgan fingerprint density at radius 2 is 2.05 bits per heavy atom. The van der Waals surface area contributed by atoms with Crippen LogP contribution in [0.1, 0.15) is 44.7 Å². The average Bonchev–Trinajstić information content (AvgIpc) is 2.37.